The van der Waals surface area contributed by atoms with Gasteiger partial charge in [0, 0.05) is 19.4 Å². The van der Waals surface area contributed by atoms with Gasteiger partial charge in [0.15, 0.2) is 5.69 Å². The number of amides is 1. The summed E-state index contributed by atoms with van der Waals surface area (Å²) >= 11 is 0. The van der Waals surface area contributed by atoms with Crippen LogP contribution in [0.4, 0.5) is 13.2 Å². The average Bonchev–Trinajstić information content (AvgIpc) is 3.15. The molecule has 0 N–H and O–H groups in total. The molecule has 0 saturated heterocycles. The number of rotatable bonds is 5. The van der Waals surface area contributed by atoms with Crippen molar-refractivity contribution in [2.75, 3.05) is 7.05 Å². The van der Waals surface area contributed by atoms with Gasteiger partial charge in [-0.05, 0) is 36.2 Å². The zero-order valence-corrected chi connectivity index (χ0v) is 15.3. The van der Waals surface area contributed by atoms with Crippen molar-refractivity contribution in [2.24, 2.45) is 0 Å². The zero-order chi connectivity index (χ0) is 20.3. The maximum atomic E-state index is 13.1. The Morgan fingerprint density at radius 1 is 1.18 bits per heavy atom. The molecule has 0 unspecified atom stereocenters. The Labute approximate surface area is 159 Å². The third-order valence-corrected chi connectivity index (χ3v) is 4.50. The van der Waals surface area contributed by atoms with Crippen molar-refractivity contribution in [1.82, 2.24) is 24.9 Å². The Bertz CT molecular complexity index is 955. The molecule has 2 aromatic heterocycles. The van der Waals surface area contributed by atoms with E-state index < -0.39 is 11.7 Å². The van der Waals surface area contributed by atoms with Crippen LogP contribution in [0.25, 0.3) is 0 Å². The Balaban J connectivity index is 1.77. The molecule has 0 aliphatic heterocycles. The topological polar surface area (TPSA) is 63.9 Å². The summed E-state index contributed by atoms with van der Waals surface area (Å²) in [6.07, 6.45) is 0.165. The van der Waals surface area contributed by atoms with Crippen LogP contribution < -0.4 is 0 Å². The maximum absolute atomic E-state index is 13.1. The summed E-state index contributed by atoms with van der Waals surface area (Å²) in [5.74, 6) is -0.375. The van der Waals surface area contributed by atoms with Gasteiger partial charge in [0.25, 0.3) is 5.91 Å². The fourth-order valence-electron chi connectivity index (χ4n) is 2.81. The Morgan fingerprint density at radius 3 is 2.54 bits per heavy atom. The quantitative estimate of drug-likeness (QED) is 0.669. The smallest absolute Gasteiger partial charge is 0.334 e. The molecule has 6 nitrogen and oxygen atoms in total. The second-order valence-corrected chi connectivity index (χ2v) is 6.33. The number of pyridine rings is 1. The molecule has 0 saturated carbocycles. The van der Waals surface area contributed by atoms with E-state index in [1.54, 1.807) is 31.6 Å². The summed E-state index contributed by atoms with van der Waals surface area (Å²) in [5.41, 5.74) is 0.282. The molecule has 146 valence electrons. The standard InChI is InChI=1S/C19H18F3N5O/c1-13(14-7-9-23-10-8-14)26(2)18(28)17-12-27(25-24-17)11-15-5-3-4-6-16(15)19(20,21)22/h3-10,12-13H,11H2,1-2H3/t13-/m1/s1. The van der Waals surface area contributed by atoms with Crippen LogP contribution in [0.3, 0.4) is 0 Å². The van der Waals surface area contributed by atoms with Gasteiger partial charge in [-0.15, -0.1) is 5.10 Å². The van der Waals surface area contributed by atoms with Gasteiger partial charge < -0.3 is 4.90 Å². The zero-order valence-electron chi connectivity index (χ0n) is 15.3. The van der Waals surface area contributed by atoms with E-state index >= 15 is 0 Å². The van der Waals surface area contributed by atoms with Gasteiger partial charge in [-0.2, -0.15) is 13.2 Å². The Hall–Kier alpha value is -3.23. The first-order chi connectivity index (χ1) is 13.3. The molecule has 3 rings (SSSR count). The van der Waals surface area contributed by atoms with Crippen LogP contribution in [-0.2, 0) is 12.7 Å². The van der Waals surface area contributed by atoms with Crippen molar-refractivity contribution >= 4 is 5.91 Å². The molecule has 0 fully saturated rings. The van der Waals surface area contributed by atoms with Crippen LogP contribution in [0.1, 0.15) is 40.1 Å². The first-order valence-electron chi connectivity index (χ1n) is 8.49. The molecule has 0 aliphatic carbocycles. The highest BCUT2D eigenvalue weighted by Gasteiger charge is 2.33. The lowest BCUT2D eigenvalue weighted by atomic mass is 10.1. The van der Waals surface area contributed by atoms with E-state index in [1.807, 2.05) is 6.92 Å². The Kier molecular flexibility index (Phi) is 5.43. The Morgan fingerprint density at radius 2 is 1.86 bits per heavy atom. The number of benzene rings is 1. The van der Waals surface area contributed by atoms with E-state index in [-0.39, 0.29) is 29.8 Å². The van der Waals surface area contributed by atoms with Gasteiger partial charge in [0.1, 0.15) is 0 Å². The lowest BCUT2D eigenvalue weighted by Gasteiger charge is -2.24. The lowest BCUT2D eigenvalue weighted by Crippen LogP contribution is -2.30. The molecular formula is C19H18F3N5O. The monoisotopic (exact) mass is 389 g/mol. The number of hydrogen-bond acceptors (Lipinski definition) is 4. The van der Waals surface area contributed by atoms with E-state index in [9.17, 15) is 18.0 Å². The normalized spacial score (nSPS) is 12.6. The first kappa shape index (κ1) is 19.5. The average molecular weight is 389 g/mol. The van der Waals surface area contributed by atoms with Crippen molar-refractivity contribution in [3.8, 4) is 0 Å². The van der Waals surface area contributed by atoms with E-state index in [0.717, 1.165) is 11.6 Å². The summed E-state index contributed by atoms with van der Waals surface area (Å²) in [7, 11) is 1.63. The third kappa shape index (κ3) is 4.19. The molecule has 0 spiro atoms. The van der Waals surface area contributed by atoms with Crippen LogP contribution in [0, 0.1) is 0 Å². The van der Waals surface area contributed by atoms with Crippen LogP contribution in [-0.4, -0.2) is 37.8 Å². The van der Waals surface area contributed by atoms with Crippen LogP contribution in [0.2, 0.25) is 0 Å². The third-order valence-electron chi connectivity index (χ3n) is 4.50. The highest BCUT2D eigenvalue weighted by molar-refractivity contribution is 5.92. The number of carbonyl (C=O) groups excluding carboxylic acids is 1. The van der Waals surface area contributed by atoms with Crippen LogP contribution in [0.15, 0.2) is 55.0 Å². The van der Waals surface area contributed by atoms with Crippen molar-refractivity contribution in [2.45, 2.75) is 25.7 Å². The number of nitrogens with zero attached hydrogens (tertiary/aromatic N) is 5. The van der Waals surface area contributed by atoms with E-state index in [0.29, 0.717) is 0 Å². The molecule has 28 heavy (non-hydrogen) atoms. The minimum atomic E-state index is -4.46. The van der Waals surface area contributed by atoms with E-state index in [1.165, 1.54) is 34.0 Å². The van der Waals surface area contributed by atoms with Crippen molar-refractivity contribution in [3.63, 3.8) is 0 Å². The molecular weight excluding hydrogens is 371 g/mol. The summed E-state index contributed by atoms with van der Waals surface area (Å²) in [6.45, 7) is 1.72. The summed E-state index contributed by atoms with van der Waals surface area (Å²) < 4.78 is 40.6. The molecule has 9 heteroatoms. The number of alkyl halides is 3. The minimum absolute atomic E-state index is 0.0532. The molecule has 1 atom stereocenters. The predicted octanol–water partition coefficient (Wildman–Crippen LogP) is 3.57. The second kappa shape index (κ2) is 7.79. The SMILES string of the molecule is C[C@H](c1ccncc1)N(C)C(=O)c1cn(Cc2ccccc2C(F)(F)F)nn1. The van der Waals surface area contributed by atoms with Gasteiger partial charge in [0.2, 0.25) is 0 Å². The first-order valence-corrected chi connectivity index (χ1v) is 8.49. The molecule has 0 bridgehead atoms. The van der Waals surface area contributed by atoms with Crippen LogP contribution >= 0.6 is 0 Å². The number of halogens is 3. The van der Waals surface area contributed by atoms with Gasteiger partial charge in [0.05, 0.1) is 24.3 Å². The van der Waals surface area contributed by atoms with Gasteiger partial charge >= 0.3 is 6.18 Å². The molecule has 0 radical (unpaired) electrons. The highest BCUT2D eigenvalue weighted by Crippen LogP contribution is 2.32. The second-order valence-electron chi connectivity index (χ2n) is 6.33. The molecule has 1 aromatic carbocycles. The van der Waals surface area contributed by atoms with Crippen LogP contribution in [0.5, 0.6) is 0 Å². The van der Waals surface area contributed by atoms with E-state index in [2.05, 4.69) is 15.3 Å². The van der Waals surface area contributed by atoms with Gasteiger partial charge in [-0.25, -0.2) is 4.68 Å². The van der Waals surface area contributed by atoms with Gasteiger partial charge in [-0.3, -0.25) is 9.78 Å². The minimum Gasteiger partial charge on any atom is -0.334 e. The number of hydrogen-bond donors (Lipinski definition) is 0. The predicted molar refractivity (Wildman–Crippen MR) is 95.3 cm³/mol. The fourth-order valence-corrected chi connectivity index (χ4v) is 2.81. The van der Waals surface area contributed by atoms with Crippen molar-refractivity contribution in [1.29, 1.82) is 0 Å². The molecule has 2 heterocycles. The summed E-state index contributed by atoms with van der Waals surface area (Å²) in [5, 5.41) is 7.64. The molecule has 1 amide bonds. The highest BCUT2D eigenvalue weighted by atomic mass is 19.4. The fraction of sp³-hybridized carbons (Fsp3) is 0.263. The van der Waals surface area contributed by atoms with Crippen molar-refractivity contribution in [3.05, 3.63) is 77.4 Å². The molecule has 0 aliphatic rings. The van der Waals surface area contributed by atoms with Crippen molar-refractivity contribution < 1.29 is 18.0 Å². The number of carbonyl (C=O) groups is 1. The summed E-state index contributed by atoms with van der Waals surface area (Å²) in [6, 6.07) is 8.63. The maximum Gasteiger partial charge on any atom is 0.416 e. The number of aromatic nitrogens is 4. The van der Waals surface area contributed by atoms with E-state index in [4.69, 9.17) is 0 Å². The largest absolute Gasteiger partial charge is 0.416 e. The van der Waals surface area contributed by atoms with Gasteiger partial charge in [-0.1, -0.05) is 23.4 Å². The lowest BCUT2D eigenvalue weighted by molar-refractivity contribution is -0.138. The summed E-state index contributed by atoms with van der Waals surface area (Å²) in [4.78, 5) is 18.1. The molecule has 3 aromatic rings.